The van der Waals surface area contributed by atoms with Gasteiger partial charge in [0.05, 0.1) is 13.5 Å². The molecule has 0 aliphatic rings. The van der Waals surface area contributed by atoms with Gasteiger partial charge < -0.3 is 9.84 Å². The second-order valence-electron chi connectivity index (χ2n) is 5.19. The van der Waals surface area contributed by atoms with Crippen molar-refractivity contribution in [2.75, 3.05) is 7.11 Å². The number of benzene rings is 1. The van der Waals surface area contributed by atoms with Gasteiger partial charge in [-0.15, -0.1) is 0 Å². The first-order chi connectivity index (χ1) is 8.34. The van der Waals surface area contributed by atoms with Crippen LogP contribution in [0.4, 0.5) is 0 Å². The highest BCUT2D eigenvalue weighted by atomic mass is 35.5. The highest BCUT2D eigenvalue weighted by molar-refractivity contribution is 6.31. The minimum Gasteiger partial charge on any atom is -0.497 e. The molecule has 0 atom stereocenters. The van der Waals surface area contributed by atoms with E-state index in [1.54, 1.807) is 13.2 Å². The van der Waals surface area contributed by atoms with Crippen LogP contribution in [0.2, 0.25) is 5.02 Å². The largest absolute Gasteiger partial charge is 0.497 e. The fourth-order valence-electron chi connectivity index (χ4n) is 1.83. The molecule has 0 amide bonds. The molecule has 1 aromatic carbocycles. The summed E-state index contributed by atoms with van der Waals surface area (Å²) >= 11 is 6.15. The van der Waals surface area contributed by atoms with E-state index in [2.05, 4.69) is 0 Å². The van der Waals surface area contributed by atoms with Gasteiger partial charge in [-0.25, -0.2) is 0 Å². The lowest BCUT2D eigenvalue weighted by Gasteiger charge is -2.22. The molecule has 0 bridgehead atoms. The van der Waals surface area contributed by atoms with E-state index in [1.165, 1.54) is 0 Å². The zero-order valence-corrected chi connectivity index (χ0v) is 11.8. The van der Waals surface area contributed by atoms with Gasteiger partial charge in [-0.05, 0) is 36.0 Å². The fraction of sp³-hybridized carbons (Fsp3) is 0.500. The first kappa shape index (κ1) is 14.8. The quantitative estimate of drug-likeness (QED) is 0.856. The van der Waals surface area contributed by atoms with Gasteiger partial charge in [0.15, 0.2) is 0 Å². The number of hydrogen-bond donors (Lipinski definition) is 1. The van der Waals surface area contributed by atoms with Gasteiger partial charge in [-0.3, -0.25) is 4.79 Å². The second kappa shape index (κ2) is 6.10. The van der Waals surface area contributed by atoms with Gasteiger partial charge in [0.25, 0.3) is 0 Å². The van der Waals surface area contributed by atoms with Crippen LogP contribution in [-0.4, -0.2) is 18.2 Å². The third-order valence-electron chi connectivity index (χ3n) is 2.96. The molecular weight excluding hydrogens is 252 g/mol. The van der Waals surface area contributed by atoms with Crippen molar-refractivity contribution in [2.45, 2.75) is 33.1 Å². The molecular formula is C14H19ClO3. The van der Waals surface area contributed by atoms with E-state index in [9.17, 15) is 4.79 Å². The molecule has 0 unspecified atom stereocenters. The maximum absolute atomic E-state index is 10.7. The third kappa shape index (κ3) is 4.57. The predicted octanol–water partition coefficient (Wildman–Crippen LogP) is 3.78. The molecule has 0 aliphatic carbocycles. The summed E-state index contributed by atoms with van der Waals surface area (Å²) in [6.45, 7) is 3.91. The Balaban J connectivity index is 2.66. The van der Waals surface area contributed by atoms with Crippen LogP contribution in [0.5, 0.6) is 5.75 Å². The molecule has 3 nitrogen and oxygen atoms in total. The van der Waals surface area contributed by atoms with Crippen LogP contribution in [0, 0.1) is 5.41 Å². The number of carboxylic acid groups (broad SMARTS) is 1. The van der Waals surface area contributed by atoms with Gasteiger partial charge in [0.2, 0.25) is 0 Å². The Morgan fingerprint density at radius 1 is 1.44 bits per heavy atom. The van der Waals surface area contributed by atoms with Crippen molar-refractivity contribution in [1.82, 2.24) is 0 Å². The van der Waals surface area contributed by atoms with E-state index in [4.69, 9.17) is 21.4 Å². The summed E-state index contributed by atoms with van der Waals surface area (Å²) in [6.07, 6.45) is 1.72. The minimum atomic E-state index is -0.763. The van der Waals surface area contributed by atoms with Crippen molar-refractivity contribution in [1.29, 1.82) is 0 Å². The van der Waals surface area contributed by atoms with Crippen molar-refractivity contribution >= 4 is 17.6 Å². The van der Waals surface area contributed by atoms with Crippen LogP contribution in [0.15, 0.2) is 18.2 Å². The van der Waals surface area contributed by atoms with Gasteiger partial charge in [-0.2, -0.15) is 0 Å². The van der Waals surface area contributed by atoms with E-state index in [-0.39, 0.29) is 11.8 Å². The lowest BCUT2D eigenvalue weighted by molar-refractivity contribution is -0.139. The Kier molecular flexibility index (Phi) is 5.03. The number of halogens is 1. The van der Waals surface area contributed by atoms with Crippen LogP contribution in [-0.2, 0) is 11.2 Å². The number of rotatable bonds is 6. The molecule has 1 N–H and O–H groups in total. The topological polar surface area (TPSA) is 46.5 Å². The zero-order valence-electron chi connectivity index (χ0n) is 11.0. The summed E-state index contributed by atoms with van der Waals surface area (Å²) in [5, 5.41) is 9.49. The normalized spacial score (nSPS) is 11.3. The Hall–Kier alpha value is -1.22. The summed E-state index contributed by atoms with van der Waals surface area (Å²) in [5.74, 6) is -0.0330. The number of methoxy groups -OCH3 is 1. The molecule has 1 aromatic rings. The van der Waals surface area contributed by atoms with Gasteiger partial charge >= 0.3 is 5.97 Å². The van der Waals surface area contributed by atoms with Crippen LogP contribution >= 0.6 is 11.6 Å². The Bertz CT molecular complexity index is 427. The average molecular weight is 271 g/mol. The Morgan fingerprint density at radius 3 is 2.61 bits per heavy atom. The SMILES string of the molecule is COc1ccc(CCC(C)(C)CC(=O)O)c(Cl)c1. The first-order valence-corrected chi connectivity index (χ1v) is 6.26. The number of ether oxygens (including phenoxy) is 1. The maximum atomic E-state index is 10.7. The van der Waals surface area contributed by atoms with E-state index in [0.29, 0.717) is 5.02 Å². The standard InChI is InChI=1S/C14H19ClO3/c1-14(2,9-13(16)17)7-6-10-4-5-11(18-3)8-12(10)15/h4-5,8H,6-7,9H2,1-3H3,(H,16,17). The second-order valence-corrected chi connectivity index (χ2v) is 5.60. The lowest BCUT2D eigenvalue weighted by Crippen LogP contribution is -2.17. The molecule has 0 fully saturated rings. The van der Waals surface area contributed by atoms with E-state index < -0.39 is 5.97 Å². The van der Waals surface area contributed by atoms with Crippen molar-refractivity contribution in [3.63, 3.8) is 0 Å². The molecule has 0 aromatic heterocycles. The summed E-state index contributed by atoms with van der Waals surface area (Å²) < 4.78 is 5.09. The number of aryl methyl sites for hydroxylation is 1. The summed E-state index contributed by atoms with van der Waals surface area (Å²) in [5.41, 5.74) is 0.797. The zero-order chi connectivity index (χ0) is 13.8. The van der Waals surface area contributed by atoms with E-state index in [1.807, 2.05) is 26.0 Å². The number of carboxylic acids is 1. The maximum Gasteiger partial charge on any atom is 0.303 e. The smallest absolute Gasteiger partial charge is 0.303 e. The monoisotopic (exact) mass is 270 g/mol. The van der Waals surface area contributed by atoms with E-state index >= 15 is 0 Å². The van der Waals surface area contributed by atoms with Crippen LogP contribution in [0.3, 0.4) is 0 Å². The van der Waals surface area contributed by atoms with Crippen LogP contribution in [0.1, 0.15) is 32.3 Å². The molecule has 18 heavy (non-hydrogen) atoms. The number of aliphatic carboxylic acids is 1. The fourth-order valence-corrected chi connectivity index (χ4v) is 2.09. The predicted molar refractivity (Wildman–Crippen MR) is 72.4 cm³/mol. The number of hydrogen-bond acceptors (Lipinski definition) is 2. The van der Waals surface area contributed by atoms with Crippen molar-refractivity contribution in [3.05, 3.63) is 28.8 Å². The first-order valence-electron chi connectivity index (χ1n) is 5.88. The van der Waals surface area contributed by atoms with Crippen molar-refractivity contribution in [3.8, 4) is 5.75 Å². The van der Waals surface area contributed by atoms with Gasteiger partial charge in [-0.1, -0.05) is 31.5 Å². The van der Waals surface area contributed by atoms with Crippen molar-refractivity contribution < 1.29 is 14.6 Å². The lowest BCUT2D eigenvalue weighted by atomic mass is 9.83. The molecule has 0 spiro atoms. The van der Waals surface area contributed by atoms with Crippen LogP contribution < -0.4 is 4.74 Å². The third-order valence-corrected chi connectivity index (χ3v) is 3.31. The summed E-state index contributed by atoms with van der Waals surface area (Å²) in [7, 11) is 1.60. The Morgan fingerprint density at radius 2 is 2.11 bits per heavy atom. The average Bonchev–Trinajstić information content (AvgIpc) is 2.25. The molecule has 0 saturated carbocycles. The molecule has 0 radical (unpaired) electrons. The molecule has 4 heteroatoms. The van der Waals surface area contributed by atoms with Gasteiger partial charge in [0, 0.05) is 5.02 Å². The van der Waals surface area contributed by atoms with Crippen LogP contribution in [0.25, 0.3) is 0 Å². The van der Waals surface area contributed by atoms with Gasteiger partial charge in [0.1, 0.15) is 5.75 Å². The van der Waals surface area contributed by atoms with Crippen molar-refractivity contribution in [2.24, 2.45) is 5.41 Å². The Labute approximate surface area is 113 Å². The minimum absolute atomic E-state index is 0.167. The number of carbonyl (C=O) groups is 1. The molecule has 0 saturated heterocycles. The van der Waals surface area contributed by atoms with E-state index in [0.717, 1.165) is 24.2 Å². The highest BCUT2D eigenvalue weighted by Gasteiger charge is 2.21. The summed E-state index contributed by atoms with van der Waals surface area (Å²) in [6, 6.07) is 5.57. The molecule has 100 valence electrons. The molecule has 1 rings (SSSR count). The highest BCUT2D eigenvalue weighted by Crippen LogP contribution is 2.30. The summed E-state index contributed by atoms with van der Waals surface area (Å²) in [4.78, 5) is 10.7. The molecule has 0 aliphatic heterocycles. The molecule has 0 heterocycles.